The van der Waals surface area contributed by atoms with Crippen molar-refractivity contribution in [3.63, 3.8) is 0 Å². The van der Waals surface area contributed by atoms with Crippen LogP contribution in [0.3, 0.4) is 0 Å². The van der Waals surface area contributed by atoms with Gasteiger partial charge in [0.05, 0.1) is 12.7 Å². The first-order chi connectivity index (χ1) is 9.85. The molecule has 3 aromatic rings. The fraction of sp³-hybridized carbons (Fsp3) is 0.125. The first-order valence-electron chi connectivity index (χ1n) is 6.44. The van der Waals surface area contributed by atoms with E-state index in [4.69, 9.17) is 0 Å². The predicted molar refractivity (Wildman–Crippen MR) is 75.8 cm³/mol. The summed E-state index contributed by atoms with van der Waals surface area (Å²) in [6, 6.07) is 17.4. The molecule has 0 unspecified atom stereocenters. The monoisotopic (exact) mass is 267 g/mol. The van der Waals surface area contributed by atoms with Gasteiger partial charge < -0.3 is 0 Å². The van der Waals surface area contributed by atoms with E-state index in [1.165, 1.54) is 5.56 Å². The predicted octanol–water partition coefficient (Wildman–Crippen LogP) is 3.46. The molecule has 1 heterocycles. The van der Waals surface area contributed by atoms with Gasteiger partial charge in [-0.15, -0.1) is 5.10 Å². The lowest BCUT2D eigenvalue weighted by atomic mass is 10.1. The van der Waals surface area contributed by atoms with Crippen LogP contribution < -0.4 is 0 Å². The van der Waals surface area contributed by atoms with Crippen LogP contribution in [0.25, 0.3) is 11.3 Å². The summed E-state index contributed by atoms with van der Waals surface area (Å²) in [5.74, 6) is 0. The van der Waals surface area contributed by atoms with Gasteiger partial charge in [0.2, 0.25) is 0 Å². The number of alkyl halides is 1. The number of nitrogens with zero attached hydrogens (tertiary/aromatic N) is 3. The van der Waals surface area contributed by atoms with Crippen LogP contribution in [-0.2, 0) is 13.2 Å². The quantitative estimate of drug-likeness (QED) is 0.724. The number of hydrogen-bond acceptors (Lipinski definition) is 2. The van der Waals surface area contributed by atoms with Crippen LogP contribution in [0.15, 0.2) is 60.8 Å². The number of aromatic nitrogens is 3. The van der Waals surface area contributed by atoms with Crippen LogP contribution in [0, 0.1) is 0 Å². The molecule has 0 fully saturated rings. The van der Waals surface area contributed by atoms with Gasteiger partial charge in [-0.05, 0) is 11.1 Å². The molecular weight excluding hydrogens is 253 g/mol. The topological polar surface area (TPSA) is 30.7 Å². The van der Waals surface area contributed by atoms with E-state index >= 15 is 0 Å². The number of benzene rings is 2. The highest BCUT2D eigenvalue weighted by atomic mass is 19.1. The Morgan fingerprint density at radius 1 is 0.900 bits per heavy atom. The first-order valence-corrected chi connectivity index (χ1v) is 6.44. The molecule has 0 aliphatic rings. The molecule has 0 bridgehead atoms. The molecule has 3 nitrogen and oxygen atoms in total. The van der Waals surface area contributed by atoms with Crippen molar-refractivity contribution in [2.24, 2.45) is 0 Å². The summed E-state index contributed by atoms with van der Waals surface area (Å²) < 4.78 is 14.3. The highest BCUT2D eigenvalue weighted by Gasteiger charge is 2.04. The van der Waals surface area contributed by atoms with Crippen molar-refractivity contribution >= 4 is 0 Å². The van der Waals surface area contributed by atoms with Gasteiger partial charge in [-0.2, -0.15) is 0 Å². The van der Waals surface area contributed by atoms with E-state index in [0.29, 0.717) is 12.1 Å². The summed E-state index contributed by atoms with van der Waals surface area (Å²) >= 11 is 0. The molecule has 0 radical (unpaired) electrons. The lowest BCUT2D eigenvalue weighted by molar-refractivity contribution is 0.485. The minimum Gasteiger partial charge on any atom is -0.247 e. The van der Waals surface area contributed by atoms with Gasteiger partial charge in [0.15, 0.2) is 0 Å². The molecule has 0 atom stereocenters. The number of halogens is 1. The van der Waals surface area contributed by atoms with Crippen molar-refractivity contribution in [1.82, 2.24) is 15.0 Å². The Kier molecular flexibility index (Phi) is 3.54. The van der Waals surface area contributed by atoms with Crippen molar-refractivity contribution in [2.45, 2.75) is 13.2 Å². The van der Waals surface area contributed by atoms with Crippen molar-refractivity contribution in [3.05, 3.63) is 71.9 Å². The zero-order chi connectivity index (χ0) is 13.8. The van der Waals surface area contributed by atoms with E-state index in [2.05, 4.69) is 22.4 Å². The van der Waals surface area contributed by atoms with Gasteiger partial charge in [0, 0.05) is 5.56 Å². The molecule has 0 aliphatic heterocycles. The normalized spacial score (nSPS) is 10.7. The van der Waals surface area contributed by atoms with Gasteiger partial charge in [-0.25, -0.2) is 9.07 Å². The van der Waals surface area contributed by atoms with E-state index in [0.717, 1.165) is 11.3 Å². The van der Waals surface area contributed by atoms with Gasteiger partial charge in [0.25, 0.3) is 0 Å². The second kappa shape index (κ2) is 5.65. The molecule has 0 spiro atoms. The summed E-state index contributed by atoms with van der Waals surface area (Å²) in [4.78, 5) is 0. The molecule has 20 heavy (non-hydrogen) atoms. The van der Waals surface area contributed by atoms with E-state index in [9.17, 15) is 4.39 Å². The summed E-state index contributed by atoms with van der Waals surface area (Å²) in [5, 5.41) is 8.28. The number of hydrogen-bond donors (Lipinski definition) is 0. The van der Waals surface area contributed by atoms with Gasteiger partial charge in [-0.3, -0.25) is 0 Å². The number of rotatable bonds is 4. The molecule has 4 heteroatoms. The molecular formula is C16H14FN3. The average Bonchev–Trinajstić information content (AvgIpc) is 2.97. The standard InChI is InChI=1S/C16H14FN3/c17-10-13-6-8-15(9-7-13)16-12-20(19-18-16)11-14-4-2-1-3-5-14/h1-9,12H,10-11H2. The minimum absolute atomic E-state index is 0.443. The zero-order valence-corrected chi connectivity index (χ0v) is 10.9. The Labute approximate surface area is 116 Å². The van der Waals surface area contributed by atoms with Crippen molar-refractivity contribution < 1.29 is 4.39 Å². The fourth-order valence-electron chi connectivity index (χ4n) is 2.04. The van der Waals surface area contributed by atoms with Crippen LogP contribution in [0.1, 0.15) is 11.1 Å². The van der Waals surface area contributed by atoms with Crippen LogP contribution in [0.2, 0.25) is 0 Å². The molecule has 100 valence electrons. The molecule has 0 saturated heterocycles. The third-order valence-corrected chi connectivity index (χ3v) is 3.13. The highest BCUT2D eigenvalue weighted by molar-refractivity contribution is 5.57. The molecule has 2 aromatic carbocycles. The first kappa shape index (κ1) is 12.5. The van der Waals surface area contributed by atoms with Crippen molar-refractivity contribution in [1.29, 1.82) is 0 Å². The molecule has 0 N–H and O–H groups in total. The van der Waals surface area contributed by atoms with E-state index < -0.39 is 6.67 Å². The summed E-state index contributed by atoms with van der Waals surface area (Å²) in [5.41, 5.74) is 3.59. The van der Waals surface area contributed by atoms with Gasteiger partial charge >= 0.3 is 0 Å². The van der Waals surface area contributed by atoms with Crippen LogP contribution in [0.5, 0.6) is 0 Å². The van der Waals surface area contributed by atoms with Crippen LogP contribution in [0.4, 0.5) is 4.39 Å². The third kappa shape index (κ3) is 2.74. The molecule has 0 saturated carbocycles. The smallest absolute Gasteiger partial charge is 0.115 e. The Bertz CT molecular complexity index is 674. The maximum absolute atomic E-state index is 12.5. The molecule has 1 aromatic heterocycles. The second-order valence-electron chi connectivity index (χ2n) is 4.62. The largest absolute Gasteiger partial charge is 0.247 e. The lowest BCUT2D eigenvalue weighted by Crippen LogP contribution is -1.99. The highest BCUT2D eigenvalue weighted by Crippen LogP contribution is 2.17. The van der Waals surface area contributed by atoms with Crippen molar-refractivity contribution in [2.75, 3.05) is 0 Å². The van der Waals surface area contributed by atoms with E-state index in [1.54, 1.807) is 16.8 Å². The van der Waals surface area contributed by atoms with Gasteiger partial charge in [-0.1, -0.05) is 59.8 Å². The Morgan fingerprint density at radius 2 is 1.65 bits per heavy atom. The molecule has 0 amide bonds. The minimum atomic E-state index is -0.443. The maximum Gasteiger partial charge on any atom is 0.115 e. The van der Waals surface area contributed by atoms with Crippen molar-refractivity contribution in [3.8, 4) is 11.3 Å². The SMILES string of the molecule is FCc1ccc(-c2cn(Cc3ccccc3)nn2)cc1. The Balaban J connectivity index is 1.79. The Morgan fingerprint density at radius 3 is 2.35 bits per heavy atom. The second-order valence-corrected chi connectivity index (χ2v) is 4.62. The van der Waals surface area contributed by atoms with Crippen LogP contribution >= 0.6 is 0 Å². The zero-order valence-electron chi connectivity index (χ0n) is 10.9. The maximum atomic E-state index is 12.5. The summed E-state index contributed by atoms with van der Waals surface area (Å²) in [6.45, 7) is 0.247. The molecule has 3 rings (SSSR count). The van der Waals surface area contributed by atoms with E-state index in [-0.39, 0.29) is 0 Å². The summed E-state index contributed by atoms with van der Waals surface area (Å²) in [6.07, 6.45) is 1.90. The van der Waals surface area contributed by atoms with Gasteiger partial charge in [0.1, 0.15) is 12.4 Å². The summed E-state index contributed by atoms with van der Waals surface area (Å²) in [7, 11) is 0. The Hall–Kier alpha value is -2.49. The lowest BCUT2D eigenvalue weighted by Gasteiger charge is -1.99. The molecule has 0 aliphatic carbocycles. The van der Waals surface area contributed by atoms with E-state index in [1.807, 2.05) is 36.5 Å². The average molecular weight is 267 g/mol. The fourth-order valence-corrected chi connectivity index (χ4v) is 2.04. The van der Waals surface area contributed by atoms with Crippen LogP contribution in [-0.4, -0.2) is 15.0 Å². The third-order valence-electron chi connectivity index (χ3n) is 3.13.